The van der Waals surface area contributed by atoms with Crippen molar-refractivity contribution in [2.45, 2.75) is 5.88 Å². The fourth-order valence-corrected chi connectivity index (χ4v) is 2.00. The van der Waals surface area contributed by atoms with Crippen LogP contribution in [0.2, 0.25) is 10.3 Å². The Kier molecular flexibility index (Phi) is 4.58. The van der Waals surface area contributed by atoms with E-state index in [1.54, 1.807) is 18.2 Å². The molecule has 0 unspecified atom stereocenters. The molecular weight excluding hydrogens is 309 g/mol. The van der Waals surface area contributed by atoms with Gasteiger partial charge >= 0.3 is 0 Å². The summed E-state index contributed by atoms with van der Waals surface area (Å²) in [4.78, 5) is 19.6. The van der Waals surface area contributed by atoms with Crippen molar-refractivity contribution in [3.8, 4) is 0 Å². The molecule has 0 fully saturated rings. The normalized spacial score (nSPS) is 10.3. The maximum absolute atomic E-state index is 12.1. The minimum absolute atomic E-state index is 0.0850. The van der Waals surface area contributed by atoms with Gasteiger partial charge in [0, 0.05) is 11.4 Å². The average Bonchev–Trinajstić information content (AvgIpc) is 2.43. The molecule has 0 spiro atoms. The Bertz CT molecular complexity index is 599. The van der Waals surface area contributed by atoms with Gasteiger partial charge in [0.1, 0.15) is 12.0 Å². The monoisotopic (exact) mass is 315 g/mol. The molecule has 0 aliphatic carbocycles. The van der Waals surface area contributed by atoms with Crippen molar-refractivity contribution in [2.24, 2.45) is 0 Å². The summed E-state index contributed by atoms with van der Waals surface area (Å²) in [5, 5.41) is 2.75. The van der Waals surface area contributed by atoms with E-state index in [0.29, 0.717) is 11.4 Å². The zero-order valence-electron chi connectivity index (χ0n) is 9.53. The fourth-order valence-electron chi connectivity index (χ4n) is 1.43. The number of benzene rings is 1. The molecule has 1 N–H and O–H groups in total. The standard InChI is InChI=1S/C12H8Cl3N3O/c13-5-7-2-1-3-8(4-7)12(19)18-9-10(14)16-6-17-11(9)15/h1-4,6H,5H2,(H,18,19). The molecule has 19 heavy (non-hydrogen) atoms. The summed E-state index contributed by atoms with van der Waals surface area (Å²) in [6, 6.07) is 6.93. The molecule has 0 atom stereocenters. The van der Waals surface area contributed by atoms with Crippen LogP contribution >= 0.6 is 34.8 Å². The molecule has 1 amide bonds. The Labute approximate surface area is 124 Å². The van der Waals surface area contributed by atoms with Crippen molar-refractivity contribution in [2.75, 3.05) is 5.32 Å². The van der Waals surface area contributed by atoms with Crippen molar-refractivity contribution in [3.63, 3.8) is 0 Å². The molecule has 0 aliphatic heterocycles. The highest BCUT2D eigenvalue weighted by molar-refractivity contribution is 6.38. The molecule has 0 aliphatic rings. The minimum Gasteiger partial charge on any atom is -0.317 e. The maximum Gasteiger partial charge on any atom is 0.255 e. The van der Waals surface area contributed by atoms with Crippen LogP contribution in [0.5, 0.6) is 0 Å². The molecule has 0 radical (unpaired) electrons. The number of hydrogen-bond acceptors (Lipinski definition) is 3. The first-order valence-electron chi connectivity index (χ1n) is 5.24. The Balaban J connectivity index is 2.25. The third kappa shape index (κ3) is 3.35. The molecule has 0 bridgehead atoms. The molecule has 1 heterocycles. The number of hydrogen-bond donors (Lipinski definition) is 1. The largest absolute Gasteiger partial charge is 0.317 e. The predicted molar refractivity (Wildman–Crippen MR) is 76.0 cm³/mol. The molecule has 1 aromatic carbocycles. The summed E-state index contributed by atoms with van der Waals surface area (Å²) < 4.78 is 0. The topological polar surface area (TPSA) is 54.9 Å². The van der Waals surface area contributed by atoms with E-state index in [4.69, 9.17) is 34.8 Å². The molecule has 0 saturated heterocycles. The van der Waals surface area contributed by atoms with Crippen LogP contribution in [0.25, 0.3) is 0 Å². The van der Waals surface area contributed by atoms with Gasteiger partial charge in [-0.05, 0) is 17.7 Å². The second-order valence-corrected chi connectivity index (χ2v) is 4.60. The lowest BCUT2D eigenvalue weighted by molar-refractivity contribution is 0.102. The second-order valence-electron chi connectivity index (χ2n) is 3.62. The van der Waals surface area contributed by atoms with E-state index in [0.717, 1.165) is 5.56 Å². The Hall–Kier alpha value is -1.36. The van der Waals surface area contributed by atoms with Crippen LogP contribution in [0.4, 0.5) is 5.69 Å². The van der Waals surface area contributed by atoms with E-state index in [9.17, 15) is 4.79 Å². The molecular formula is C12H8Cl3N3O. The Morgan fingerprint density at radius 2 is 1.89 bits per heavy atom. The van der Waals surface area contributed by atoms with Crippen molar-refractivity contribution in [1.82, 2.24) is 9.97 Å². The number of amides is 1. The quantitative estimate of drug-likeness (QED) is 0.692. The predicted octanol–water partition coefficient (Wildman–Crippen LogP) is 3.77. The summed E-state index contributed by atoms with van der Waals surface area (Å²) in [6.07, 6.45) is 1.22. The molecule has 7 heteroatoms. The van der Waals surface area contributed by atoms with Gasteiger partial charge in [0.25, 0.3) is 5.91 Å². The SMILES string of the molecule is O=C(Nc1c(Cl)ncnc1Cl)c1cccc(CCl)c1. The minimum atomic E-state index is -0.356. The number of anilines is 1. The van der Waals surface area contributed by atoms with Crippen LogP contribution < -0.4 is 5.32 Å². The lowest BCUT2D eigenvalue weighted by Gasteiger charge is -2.08. The van der Waals surface area contributed by atoms with Crippen LogP contribution in [-0.2, 0) is 5.88 Å². The first kappa shape index (κ1) is 14.1. The summed E-state index contributed by atoms with van der Waals surface area (Å²) in [7, 11) is 0. The number of nitrogens with zero attached hydrogens (tertiary/aromatic N) is 2. The Morgan fingerprint density at radius 1 is 1.21 bits per heavy atom. The van der Waals surface area contributed by atoms with E-state index >= 15 is 0 Å². The second kappa shape index (κ2) is 6.19. The maximum atomic E-state index is 12.1. The van der Waals surface area contributed by atoms with Crippen LogP contribution in [0.3, 0.4) is 0 Å². The molecule has 2 rings (SSSR count). The number of nitrogens with one attached hydrogen (secondary N) is 1. The van der Waals surface area contributed by atoms with Crippen LogP contribution in [0.1, 0.15) is 15.9 Å². The van der Waals surface area contributed by atoms with Gasteiger partial charge in [-0.15, -0.1) is 11.6 Å². The van der Waals surface area contributed by atoms with Gasteiger partial charge < -0.3 is 5.32 Å². The lowest BCUT2D eigenvalue weighted by atomic mass is 10.1. The van der Waals surface area contributed by atoms with Gasteiger partial charge in [0.2, 0.25) is 0 Å². The summed E-state index contributed by atoms with van der Waals surface area (Å²) in [5.74, 6) is -0.0255. The van der Waals surface area contributed by atoms with Gasteiger partial charge in [-0.1, -0.05) is 35.3 Å². The molecule has 2 aromatic rings. The highest BCUT2D eigenvalue weighted by Crippen LogP contribution is 2.26. The van der Waals surface area contributed by atoms with Crippen molar-refractivity contribution >= 4 is 46.4 Å². The van der Waals surface area contributed by atoms with Gasteiger partial charge in [-0.2, -0.15) is 0 Å². The molecule has 1 aromatic heterocycles. The third-order valence-electron chi connectivity index (χ3n) is 2.34. The lowest BCUT2D eigenvalue weighted by Crippen LogP contribution is -2.13. The van der Waals surface area contributed by atoms with Crippen molar-refractivity contribution in [3.05, 3.63) is 52.0 Å². The van der Waals surface area contributed by atoms with Gasteiger partial charge in [0.15, 0.2) is 10.3 Å². The molecule has 4 nitrogen and oxygen atoms in total. The zero-order chi connectivity index (χ0) is 13.8. The van der Waals surface area contributed by atoms with E-state index in [1.165, 1.54) is 6.33 Å². The van der Waals surface area contributed by atoms with E-state index in [-0.39, 0.29) is 21.9 Å². The first-order chi connectivity index (χ1) is 9.11. The highest BCUT2D eigenvalue weighted by atomic mass is 35.5. The number of rotatable bonds is 3. The van der Waals surface area contributed by atoms with Crippen LogP contribution in [-0.4, -0.2) is 15.9 Å². The Morgan fingerprint density at radius 3 is 2.53 bits per heavy atom. The number of carbonyl (C=O) groups is 1. The number of aromatic nitrogens is 2. The van der Waals surface area contributed by atoms with Crippen LogP contribution in [0.15, 0.2) is 30.6 Å². The third-order valence-corrected chi connectivity index (χ3v) is 3.22. The van der Waals surface area contributed by atoms with Crippen molar-refractivity contribution in [1.29, 1.82) is 0 Å². The van der Waals surface area contributed by atoms with Gasteiger partial charge in [0.05, 0.1) is 0 Å². The summed E-state index contributed by atoms with van der Waals surface area (Å²) >= 11 is 17.4. The molecule has 0 saturated carbocycles. The van der Waals surface area contributed by atoms with Gasteiger partial charge in [-0.3, -0.25) is 4.79 Å². The van der Waals surface area contributed by atoms with E-state index in [1.807, 2.05) is 6.07 Å². The first-order valence-corrected chi connectivity index (χ1v) is 6.53. The van der Waals surface area contributed by atoms with E-state index in [2.05, 4.69) is 15.3 Å². The number of carbonyl (C=O) groups excluding carboxylic acids is 1. The fraction of sp³-hybridized carbons (Fsp3) is 0.0833. The molecule has 98 valence electrons. The number of alkyl halides is 1. The van der Waals surface area contributed by atoms with Crippen LogP contribution in [0, 0.1) is 0 Å². The smallest absolute Gasteiger partial charge is 0.255 e. The van der Waals surface area contributed by atoms with Crippen molar-refractivity contribution < 1.29 is 4.79 Å². The zero-order valence-corrected chi connectivity index (χ0v) is 11.8. The average molecular weight is 317 g/mol. The van der Waals surface area contributed by atoms with Gasteiger partial charge in [-0.25, -0.2) is 9.97 Å². The highest BCUT2D eigenvalue weighted by Gasteiger charge is 2.13. The van der Waals surface area contributed by atoms with E-state index < -0.39 is 0 Å². The number of halogens is 3. The summed E-state index contributed by atoms with van der Waals surface area (Å²) in [5.41, 5.74) is 1.48. The summed E-state index contributed by atoms with van der Waals surface area (Å²) in [6.45, 7) is 0.